The molecule has 2 aromatic heterocycles. The van der Waals surface area contributed by atoms with Gasteiger partial charge in [0.25, 0.3) is 17.4 Å². The zero-order valence-corrected chi connectivity index (χ0v) is 18.8. The molecule has 2 aromatic carbocycles. The maximum atomic E-state index is 12.9. The largest absolute Gasteiger partial charge is 0.506 e. The summed E-state index contributed by atoms with van der Waals surface area (Å²) in [6.45, 7) is 0. The highest BCUT2D eigenvalue weighted by Gasteiger charge is 2.20. The number of amides is 2. The Morgan fingerprint density at radius 2 is 1.68 bits per heavy atom. The van der Waals surface area contributed by atoms with Gasteiger partial charge in [-0.15, -0.1) is 0 Å². The van der Waals surface area contributed by atoms with Crippen molar-refractivity contribution in [3.63, 3.8) is 0 Å². The van der Waals surface area contributed by atoms with Crippen LogP contribution >= 0.6 is 23.2 Å². The van der Waals surface area contributed by atoms with Crippen LogP contribution in [0.5, 0.6) is 5.75 Å². The van der Waals surface area contributed by atoms with Crippen molar-refractivity contribution >= 4 is 46.5 Å². The van der Waals surface area contributed by atoms with Gasteiger partial charge < -0.3 is 20.7 Å². The first-order chi connectivity index (χ1) is 16.3. The van der Waals surface area contributed by atoms with E-state index in [4.69, 9.17) is 23.2 Å². The molecule has 34 heavy (non-hydrogen) atoms. The van der Waals surface area contributed by atoms with Gasteiger partial charge in [0.1, 0.15) is 11.6 Å². The van der Waals surface area contributed by atoms with Gasteiger partial charge in [0.15, 0.2) is 0 Å². The summed E-state index contributed by atoms with van der Waals surface area (Å²) in [5.74, 6) is -1.40. The van der Waals surface area contributed by atoms with Crippen molar-refractivity contribution in [2.24, 2.45) is 0 Å². The number of hydrogen-bond acceptors (Lipinski definition) is 5. The number of nitrogens with one attached hydrogen (secondary N) is 3. The van der Waals surface area contributed by atoms with Crippen molar-refractivity contribution in [3.8, 4) is 16.9 Å². The minimum absolute atomic E-state index is 0.0671. The molecule has 0 atom stereocenters. The van der Waals surface area contributed by atoms with Crippen molar-refractivity contribution in [1.82, 2.24) is 9.97 Å². The third-order valence-corrected chi connectivity index (χ3v) is 5.25. The molecule has 0 saturated heterocycles. The SMILES string of the molecule is O=C(Nc1c(O)cc(Cl)cc1C(=O)Nc1ccc(Cl)cn1)c1ccc(-c2ccc[nH]c2=O)cc1. The van der Waals surface area contributed by atoms with Gasteiger partial charge in [-0.1, -0.05) is 35.3 Å². The average Bonchev–Trinajstić information content (AvgIpc) is 2.82. The lowest BCUT2D eigenvalue weighted by Crippen LogP contribution is -2.19. The van der Waals surface area contributed by atoms with E-state index in [0.29, 0.717) is 16.1 Å². The number of carbonyl (C=O) groups is 2. The van der Waals surface area contributed by atoms with E-state index < -0.39 is 11.8 Å². The first kappa shape index (κ1) is 23.0. The Bertz CT molecular complexity index is 1440. The number of carbonyl (C=O) groups excluding carboxylic acids is 2. The van der Waals surface area contributed by atoms with Gasteiger partial charge in [0, 0.05) is 34.6 Å². The highest BCUT2D eigenvalue weighted by Crippen LogP contribution is 2.32. The Balaban J connectivity index is 1.59. The molecule has 8 nitrogen and oxygen atoms in total. The van der Waals surface area contributed by atoms with Gasteiger partial charge in [0.05, 0.1) is 16.3 Å². The lowest BCUT2D eigenvalue weighted by Gasteiger charge is -2.14. The molecule has 0 saturated carbocycles. The van der Waals surface area contributed by atoms with Crippen LogP contribution in [0.1, 0.15) is 20.7 Å². The lowest BCUT2D eigenvalue weighted by atomic mass is 10.0. The molecule has 0 aliphatic carbocycles. The predicted octanol–water partition coefficient (Wildman–Crippen LogP) is 4.95. The molecule has 0 fully saturated rings. The number of phenols is 1. The van der Waals surface area contributed by atoms with Gasteiger partial charge >= 0.3 is 0 Å². The summed E-state index contributed by atoms with van der Waals surface area (Å²) in [5, 5.41) is 16.0. The fourth-order valence-corrected chi connectivity index (χ4v) is 3.50. The van der Waals surface area contributed by atoms with Gasteiger partial charge in [-0.3, -0.25) is 14.4 Å². The Morgan fingerprint density at radius 1 is 0.912 bits per heavy atom. The topological polar surface area (TPSA) is 124 Å². The van der Waals surface area contributed by atoms with Crippen molar-refractivity contribution in [2.75, 3.05) is 10.6 Å². The fourth-order valence-electron chi connectivity index (χ4n) is 3.17. The lowest BCUT2D eigenvalue weighted by molar-refractivity contribution is 0.102. The number of rotatable bonds is 5. The fraction of sp³-hybridized carbons (Fsp3) is 0. The zero-order chi connectivity index (χ0) is 24.2. The van der Waals surface area contributed by atoms with E-state index in [9.17, 15) is 19.5 Å². The molecule has 0 spiro atoms. The first-order valence-electron chi connectivity index (χ1n) is 9.87. The molecular formula is C24H16Cl2N4O4. The number of phenolic OH excluding ortho intramolecular Hbond substituents is 1. The minimum Gasteiger partial charge on any atom is -0.506 e. The van der Waals surface area contributed by atoms with Crippen LogP contribution < -0.4 is 16.2 Å². The molecule has 2 amide bonds. The van der Waals surface area contributed by atoms with Crippen LogP contribution in [0.25, 0.3) is 11.1 Å². The van der Waals surface area contributed by atoms with E-state index in [1.807, 2.05) is 0 Å². The van der Waals surface area contributed by atoms with Crippen LogP contribution in [0.2, 0.25) is 10.0 Å². The predicted molar refractivity (Wildman–Crippen MR) is 131 cm³/mol. The number of halogens is 2. The standard InChI is InChI=1S/C24H16Cl2N4O4/c25-15-7-8-20(28-12-15)29-24(34)18-10-16(26)11-19(31)21(18)30-22(32)14-5-3-13(4-6-14)17-2-1-9-27-23(17)33/h1-12,31H,(H,27,33)(H,30,32)(H,28,29,34). The minimum atomic E-state index is -0.651. The van der Waals surface area contributed by atoms with Crippen LogP contribution in [0.4, 0.5) is 11.5 Å². The number of hydrogen-bond donors (Lipinski definition) is 4. The van der Waals surface area contributed by atoms with E-state index in [1.165, 1.54) is 42.7 Å². The number of benzene rings is 2. The number of aromatic hydroxyl groups is 1. The normalized spacial score (nSPS) is 10.5. The first-order valence-corrected chi connectivity index (χ1v) is 10.6. The van der Waals surface area contributed by atoms with E-state index in [0.717, 1.165) is 0 Å². The molecule has 10 heteroatoms. The molecule has 0 unspecified atom stereocenters. The third-order valence-electron chi connectivity index (χ3n) is 4.81. The molecule has 0 bridgehead atoms. The van der Waals surface area contributed by atoms with E-state index in [-0.39, 0.29) is 39.0 Å². The molecule has 2 heterocycles. The quantitative estimate of drug-likeness (QED) is 0.292. The Labute approximate surface area is 203 Å². The molecule has 4 aromatic rings. The van der Waals surface area contributed by atoms with Crippen molar-refractivity contribution in [3.05, 3.63) is 105 Å². The molecule has 0 radical (unpaired) electrons. The van der Waals surface area contributed by atoms with Crippen LogP contribution in [-0.2, 0) is 0 Å². The number of anilines is 2. The number of pyridine rings is 2. The summed E-state index contributed by atoms with van der Waals surface area (Å²) in [7, 11) is 0. The monoisotopic (exact) mass is 494 g/mol. The second-order valence-corrected chi connectivity index (χ2v) is 7.98. The summed E-state index contributed by atoms with van der Waals surface area (Å²) in [6, 6.07) is 15.3. The summed E-state index contributed by atoms with van der Waals surface area (Å²) >= 11 is 11.8. The number of nitrogens with zero attached hydrogens (tertiary/aromatic N) is 1. The maximum Gasteiger partial charge on any atom is 0.259 e. The Hall–Kier alpha value is -4.14. The summed E-state index contributed by atoms with van der Waals surface area (Å²) in [6.07, 6.45) is 2.89. The molecular weight excluding hydrogens is 479 g/mol. The second-order valence-electron chi connectivity index (χ2n) is 7.11. The van der Waals surface area contributed by atoms with Gasteiger partial charge in [-0.2, -0.15) is 0 Å². The van der Waals surface area contributed by atoms with Crippen molar-refractivity contribution in [2.45, 2.75) is 0 Å². The molecule has 4 N–H and O–H groups in total. The van der Waals surface area contributed by atoms with E-state index in [1.54, 1.807) is 30.3 Å². The maximum absolute atomic E-state index is 12.9. The Morgan fingerprint density at radius 3 is 2.35 bits per heavy atom. The third kappa shape index (κ3) is 5.09. The smallest absolute Gasteiger partial charge is 0.259 e. The van der Waals surface area contributed by atoms with Gasteiger partial charge in [0.2, 0.25) is 0 Å². The summed E-state index contributed by atoms with van der Waals surface area (Å²) in [5.41, 5.74) is 0.891. The molecule has 0 aliphatic rings. The van der Waals surface area contributed by atoms with E-state index >= 15 is 0 Å². The average molecular weight is 495 g/mol. The second kappa shape index (κ2) is 9.78. The van der Waals surface area contributed by atoms with Crippen LogP contribution in [0.3, 0.4) is 0 Å². The van der Waals surface area contributed by atoms with Crippen molar-refractivity contribution < 1.29 is 14.7 Å². The highest BCUT2D eigenvalue weighted by atomic mass is 35.5. The van der Waals surface area contributed by atoms with E-state index in [2.05, 4.69) is 20.6 Å². The van der Waals surface area contributed by atoms with Crippen molar-refractivity contribution in [1.29, 1.82) is 0 Å². The summed E-state index contributed by atoms with van der Waals surface area (Å²) < 4.78 is 0. The molecule has 170 valence electrons. The number of aromatic amines is 1. The zero-order valence-electron chi connectivity index (χ0n) is 17.3. The van der Waals surface area contributed by atoms with Gasteiger partial charge in [-0.05, 0) is 48.0 Å². The van der Waals surface area contributed by atoms with Crippen LogP contribution in [0, 0.1) is 0 Å². The van der Waals surface area contributed by atoms with Crippen LogP contribution in [-0.4, -0.2) is 26.9 Å². The summed E-state index contributed by atoms with van der Waals surface area (Å²) in [4.78, 5) is 44.3. The molecule has 4 rings (SSSR count). The molecule has 0 aliphatic heterocycles. The Kier molecular flexibility index (Phi) is 6.62. The number of aromatic nitrogens is 2. The number of H-pyrrole nitrogens is 1. The van der Waals surface area contributed by atoms with Crippen LogP contribution in [0.15, 0.2) is 77.9 Å². The highest BCUT2D eigenvalue weighted by molar-refractivity contribution is 6.32. The van der Waals surface area contributed by atoms with Gasteiger partial charge in [-0.25, -0.2) is 4.98 Å².